The van der Waals surface area contributed by atoms with Gasteiger partial charge in [0.15, 0.2) is 0 Å². The number of para-hydroxylation sites is 1. The topological polar surface area (TPSA) is 21.3 Å². The molecule has 1 N–H and O–H groups in total. The number of hydrogen-bond donors (Lipinski definition) is 1. The van der Waals surface area contributed by atoms with Crippen molar-refractivity contribution in [2.45, 2.75) is 13.0 Å². The van der Waals surface area contributed by atoms with Crippen molar-refractivity contribution in [3.05, 3.63) is 64.4 Å². The number of methoxy groups -OCH3 is 1. The minimum Gasteiger partial charge on any atom is -0.384 e. The summed E-state index contributed by atoms with van der Waals surface area (Å²) in [6.07, 6.45) is 0.830. The normalized spacial score (nSPS) is 10.6. The first-order valence-corrected chi connectivity index (χ1v) is 6.83. The van der Waals surface area contributed by atoms with Crippen LogP contribution in [-0.2, 0) is 17.7 Å². The molecule has 2 rings (SSSR count). The maximum Gasteiger partial charge on any atom is 0.142 e. The Morgan fingerprint density at radius 1 is 1.10 bits per heavy atom. The van der Waals surface area contributed by atoms with Crippen molar-refractivity contribution in [1.29, 1.82) is 0 Å². The van der Waals surface area contributed by atoms with Gasteiger partial charge in [0.2, 0.25) is 0 Å². The van der Waals surface area contributed by atoms with Crippen LogP contribution in [0.3, 0.4) is 0 Å². The monoisotopic (exact) mass is 293 g/mol. The van der Waals surface area contributed by atoms with E-state index < -0.39 is 5.82 Å². The van der Waals surface area contributed by atoms with Crippen LogP contribution in [0.4, 0.5) is 10.1 Å². The fraction of sp³-hybridized carbons (Fsp3) is 0.250. The number of rotatable bonds is 6. The molecule has 0 bridgehead atoms. The Balaban J connectivity index is 2.09. The van der Waals surface area contributed by atoms with E-state index in [0.29, 0.717) is 13.2 Å². The second-order valence-electron chi connectivity index (χ2n) is 4.47. The predicted octanol–water partition coefficient (Wildman–Crippen LogP) is 4.28. The minimum absolute atomic E-state index is 0.175. The van der Waals surface area contributed by atoms with Crippen LogP contribution in [0.15, 0.2) is 42.5 Å². The van der Waals surface area contributed by atoms with Crippen molar-refractivity contribution < 1.29 is 9.13 Å². The third-order valence-electron chi connectivity index (χ3n) is 3.09. The average molecular weight is 294 g/mol. The lowest BCUT2D eigenvalue weighted by Crippen LogP contribution is -2.05. The molecule has 2 aromatic carbocycles. The van der Waals surface area contributed by atoms with E-state index in [2.05, 4.69) is 11.4 Å². The van der Waals surface area contributed by atoms with Crippen LogP contribution < -0.4 is 5.32 Å². The number of anilines is 1. The highest BCUT2D eigenvalue weighted by molar-refractivity contribution is 6.31. The standard InChI is InChI=1S/C16H17ClFNO/c1-20-10-9-12-5-2-3-8-15(12)19-11-13-6-4-7-14(18)16(13)17/h2-8,19H,9-11H2,1H3. The third kappa shape index (κ3) is 3.71. The van der Waals surface area contributed by atoms with Crippen molar-refractivity contribution >= 4 is 17.3 Å². The molecule has 0 atom stereocenters. The molecule has 2 nitrogen and oxygen atoms in total. The van der Waals surface area contributed by atoms with E-state index in [0.717, 1.165) is 17.7 Å². The molecule has 0 aliphatic rings. The van der Waals surface area contributed by atoms with Crippen LogP contribution in [-0.4, -0.2) is 13.7 Å². The summed E-state index contributed by atoms with van der Waals surface area (Å²) in [5.74, 6) is -0.390. The molecule has 0 radical (unpaired) electrons. The Bertz CT molecular complexity index is 574. The van der Waals surface area contributed by atoms with Crippen LogP contribution in [0, 0.1) is 5.82 Å². The van der Waals surface area contributed by atoms with Crippen molar-refractivity contribution in [3.63, 3.8) is 0 Å². The van der Waals surface area contributed by atoms with Gasteiger partial charge in [0, 0.05) is 19.3 Å². The van der Waals surface area contributed by atoms with Gasteiger partial charge in [-0.05, 0) is 29.7 Å². The van der Waals surface area contributed by atoms with Crippen LogP contribution in [0.1, 0.15) is 11.1 Å². The smallest absolute Gasteiger partial charge is 0.142 e. The zero-order valence-corrected chi connectivity index (χ0v) is 12.1. The lowest BCUT2D eigenvalue weighted by molar-refractivity contribution is 0.202. The molecule has 2 aromatic rings. The number of benzene rings is 2. The first kappa shape index (κ1) is 14.8. The Labute approximate surface area is 123 Å². The second kappa shape index (κ2) is 7.27. The van der Waals surface area contributed by atoms with E-state index in [1.807, 2.05) is 24.3 Å². The Morgan fingerprint density at radius 2 is 1.85 bits per heavy atom. The van der Waals surface area contributed by atoms with Crippen LogP contribution >= 0.6 is 11.6 Å². The fourth-order valence-electron chi connectivity index (χ4n) is 2.00. The maximum atomic E-state index is 13.4. The summed E-state index contributed by atoms with van der Waals surface area (Å²) in [7, 11) is 1.68. The van der Waals surface area contributed by atoms with Crippen LogP contribution in [0.25, 0.3) is 0 Å². The summed E-state index contributed by atoms with van der Waals surface area (Å²) in [5.41, 5.74) is 2.93. The summed E-state index contributed by atoms with van der Waals surface area (Å²) < 4.78 is 18.5. The van der Waals surface area contributed by atoms with Crippen LogP contribution in [0.5, 0.6) is 0 Å². The number of halogens is 2. The van der Waals surface area contributed by atoms with Crippen molar-refractivity contribution in [2.75, 3.05) is 19.0 Å². The SMILES string of the molecule is COCCc1ccccc1NCc1cccc(F)c1Cl. The highest BCUT2D eigenvalue weighted by Gasteiger charge is 2.06. The molecule has 0 aromatic heterocycles. The molecular weight excluding hydrogens is 277 g/mol. The molecule has 106 valence electrons. The summed E-state index contributed by atoms with van der Waals surface area (Å²) in [6.45, 7) is 1.15. The molecule has 0 saturated carbocycles. The van der Waals surface area contributed by atoms with Crippen molar-refractivity contribution in [2.24, 2.45) is 0 Å². The minimum atomic E-state index is -0.390. The maximum absolute atomic E-state index is 13.4. The molecule has 0 amide bonds. The molecule has 0 heterocycles. The summed E-state index contributed by atoms with van der Waals surface area (Å²) in [6, 6.07) is 12.8. The molecule has 0 saturated heterocycles. The number of hydrogen-bond acceptors (Lipinski definition) is 2. The van der Waals surface area contributed by atoms with Gasteiger partial charge >= 0.3 is 0 Å². The molecule has 0 fully saturated rings. The molecular formula is C16H17ClFNO. The van der Waals surface area contributed by atoms with Gasteiger partial charge in [-0.2, -0.15) is 0 Å². The molecule has 0 unspecified atom stereocenters. The van der Waals surface area contributed by atoms with Gasteiger partial charge in [-0.15, -0.1) is 0 Å². The first-order chi connectivity index (χ1) is 9.72. The van der Waals surface area contributed by atoms with Gasteiger partial charge in [-0.1, -0.05) is 41.9 Å². The van der Waals surface area contributed by atoms with E-state index in [9.17, 15) is 4.39 Å². The Hall–Kier alpha value is -1.58. The van der Waals surface area contributed by atoms with E-state index in [1.165, 1.54) is 11.6 Å². The van der Waals surface area contributed by atoms with E-state index in [-0.39, 0.29) is 5.02 Å². The van der Waals surface area contributed by atoms with E-state index >= 15 is 0 Å². The van der Waals surface area contributed by atoms with Gasteiger partial charge in [0.05, 0.1) is 11.6 Å². The lowest BCUT2D eigenvalue weighted by atomic mass is 10.1. The predicted molar refractivity (Wildman–Crippen MR) is 80.8 cm³/mol. The first-order valence-electron chi connectivity index (χ1n) is 6.46. The highest BCUT2D eigenvalue weighted by Crippen LogP contribution is 2.22. The Kier molecular flexibility index (Phi) is 5.39. The van der Waals surface area contributed by atoms with Crippen molar-refractivity contribution in [1.82, 2.24) is 0 Å². The largest absolute Gasteiger partial charge is 0.384 e. The molecule has 0 aliphatic carbocycles. The summed E-state index contributed by atoms with van der Waals surface area (Å²) in [4.78, 5) is 0. The Morgan fingerprint density at radius 3 is 2.65 bits per heavy atom. The molecule has 0 aliphatic heterocycles. The van der Waals surface area contributed by atoms with Gasteiger partial charge in [0.1, 0.15) is 5.82 Å². The highest BCUT2D eigenvalue weighted by atomic mass is 35.5. The molecule has 20 heavy (non-hydrogen) atoms. The van der Waals surface area contributed by atoms with Gasteiger partial charge in [-0.3, -0.25) is 0 Å². The molecule has 0 spiro atoms. The summed E-state index contributed by atoms with van der Waals surface area (Å²) in [5, 5.41) is 3.48. The molecule has 4 heteroatoms. The third-order valence-corrected chi connectivity index (χ3v) is 3.52. The second-order valence-corrected chi connectivity index (χ2v) is 4.84. The van der Waals surface area contributed by atoms with Crippen molar-refractivity contribution in [3.8, 4) is 0 Å². The van der Waals surface area contributed by atoms with E-state index in [1.54, 1.807) is 13.2 Å². The zero-order chi connectivity index (χ0) is 14.4. The average Bonchev–Trinajstić information content (AvgIpc) is 2.47. The fourth-order valence-corrected chi connectivity index (χ4v) is 2.19. The van der Waals surface area contributed by atoms with Gasteiger partial charge < -0.3 is 10.1 Å². The number of ether oxygens (including phenoxy) is 1. The lowest BCUT2D eigenvalue weighted by Gasteiger charge is -2.13. The zero-order valence-electron chi connectivity index (χ0n) is 11.3. The van der Waals surface area contributed by atoms with E-state index in [4.69, 9.17) is 16.3 Å². The van der Waals surface area contributed by atoms with Crippen LogP contribution in [0.2, 0.25) is 5.02 Å². The van der Waals surface area contributed by atoms with Gasteiger partial charge in [-0.25, -0.2) is 4.39 Å². The quantitative estimate of drug-likeness (QED) is 0.858. The summed E-state index contributed by atoms with van der Waals surface area (Å²) >= 11 is 5.95. The van der Waals surface area contributed by atoms with Gasteiger partial charge in [0.25, 0.3) is 0 Å². The number of nitrogens with one attached hydrogen (secondary N) is 1.